The quantitative estimate of drug-likeness (QED) is 0.332. The summed E-state index contributed by atoms with van der Waals surface area (Å²) >= 11 is 0. The molecule has 0 unspecified atom stereocenters. The van der Waals surface area contributed by atoms with Gasteiger partial charge in [-0.25, -0.2) is 0 Å². The highest BCUT2D eigenvalue weighted by Crippen LogP contribution is 2.16. The standard InChI is InChI=1S/C19H33NO3/c1-2-3-4-5-6-7-8-17-9-11-18(12-10-17)13-14-19(15-21,16-22)20-23/h9-12,20-23H,2-8,13-16H2,1H3. The summed E-state index contributed by atoms with van der Waals surface area (Å²) in [6.45, 7) is 1.65. The summed E-state index contributed by atoms with van der Waals surface area (Å²) in [6, 6.07) is 8.52. The van der Waals surface area contributed by atoms with Gasteiger partial charge in [0.2, 0.25) is 0 Å². The topological polar surface area (TPSA) is 72.7 Å². The molecule has 1 rings (SSSR count). The average molecular weight is 323 g/mol. The first-order valence-corrected chi connectivity index (χ1v) is 8.90. The van der Waals surface area contributed by atoms with Crippen molar-refractivity contribution in [3.8, 4) is 0 Å². The minimum atomic E-state index is -1.02. The molecule has 0 fully saturated rings. The molecule has 0 saturated carbocycles. The molecule has 0 amide bonds. The van der Waals surface area contributed by atoms with Gasteiger partial charge >= 0.3 is 0 Å². The maximum absolute atomic E-state index is 9.29. The number of benzene rings is 1. The Bertz CT molecular complexity index is 393. The molecule has 4 nitrogen and oxygen atoms in total. The Balaban J connectivity index is 2.33. The van der Waals surface area contributed by atoms with Gasteiger partial charge in [0.05, 0.1) is 18.8 Å². The van der Waals surface area contributed by atoms with Gasteiger partial charge in [0.1, 0.15) is 0 Å². The highest BCUT2D eigenvalue weighted by molar-refractivity contribution is 5.23. The van der Waals surface area contributed by atoms with Crippen LogP contribution in [-0.4, -0.2) is 34.2 Å². The second-order valence-corrected chi connectivity index (χ2v) is 6.54. The van der Waals surface area contributed by atoms with Crippen LogP contribution in [-0.2, 0) is 12.8 Å². The lowest BCUT2D eigenvalue weighted by Gasteiger charge is -2.27. The van der Waals surface area contributed by atoms with Crippen LogP contribution in [0.25, 0.3) is 0 Å². The largest absolute Gasteiger partial charge is 0.394 e. The molecule has 0 saturated heterocycles. The highest BCUT2D eigenvalue weighted by atomic mass is 16.5. The Morgan fingerprint density at radius 1 is 0.826 bits per heavy atom. The van der Waals surface area contributed by atoms with Crippen molar-refractivity contribution in [2.24, 2.45) is 0 Å². The van der Waals surface area contributed by atoms with E-state index in [1.165, 1.54) is 44.1 Å². The van der Waals surface area contributed by atoms with Crippen molar-refractivity contribution >= 4 is 0 Å². The second-order valence-electron chi connectivity index (χ2n) is 6.54. The van der Waals surface area contributed by atoms with Crippen molar-refractivity contribution in [1.29, 1.82) is 0 Å². The number of aliphatic hydroxyl groups excluding tert-OH is 2. The normalized spacial score (nSPS) is 11.8. The van der Waals surface area contributed by atoms with Crippen LogP contribution >= 0.6 is 0 Å². The van der Waals surface area contributed by atoms with Crippen LogP contribution in [0.3, 0.4) is 0 Å². The Morgan fingerprint density at radius 2 is 1.35 bits per heavy atom. The van der Waals surface area contributed by atoms with Crippen LogP contribution < -0.4 is 5.48 Å². The zero-order valence-electron chi connectivity index (χ0n) is 14.4. The molecule has 0 radical (unpaired) electrons. The Labute approximate surface area is 140 Å². The predicted octanol–water partition coefficient (Wildman–Crippen LogP) is 3.22. The fourth-order valence-corrected chi connectivity index (χ4v) is 2.70. The summed E-state index contributed by atoms with van der Waals surface area (Å²) in [5, 5.41) is 27.7. The van der Waals surface area contributed by atoms with E-state index >= 15 is 0 Å². The molecule has 0 bridgehead atoms. The average Bonchev–Trinajstić information content (AvgIpc) is 2.61. The van der Waals surface area contributed by atoms with Gasteiger partial charge in [-0.15, -0.1) is 0 Å². The van der Waals surface area contributed by atoms with Crippen molar-refractivity contribution < 1.29 is 15.4 Å². The molecule has 4 heteroatoms. The molecule has 0 aliphatic rings. The van der Waals surface area contributed by atoms with E-state index in [0.29, 0.717) is 12.8 Å². The fraction of sp³-hybridized carbons (Fsp3) is 0.684. The van der Waals surface area contributed by atoms with E-state index in [4.69, 9.17) is 5.21 Å². The Hall–Kier alpha value is -0.940. The van der Waals surface area contributed by atoms with Crippen molar-refractivity contribution in [3.05, 3.63) is 35.4 Å². The van der Waals surface area contributed by atoms with Crippen molar-refractivity contribution in [2.45, 2.75) is 70.3 Å². The van der Waals surface area contributed by atoms with Gasteiger partial charge in [0, 0.05) is 0 Å². The molecule has 4 N–H and O–H groups in total. The minimum absolute atomic E-state index is 0.296. The zero-order chi connectivity index (χ0) is 17.0. The predicted molar refractivity (Wildman–Crippen MR) is 93.7 cm³/mol. The Morgan fingerprint density at radius 3 is 1.87 bits per heavy atom. The van der Waals surface area contributed by atoms with Crippen LogP contribution in [0.15, 0.2) is 24.3 Å². The lowest BCUT2D eigenvalue weighted by molar-refractivity contribution is -0.0163. The van der Waals surface area contributed by atoms with Crippen LogP contribution in [0, 0.1) is 0 Å². The first-order chi connectivity index (χ1) is 11.2. The summed E-state index contributed by atoms with van der Waals surface area (Å²) in [4.78, 5) is 0. The number of hydrogen-bond acceptors (Lipinski definition) is 4. The number of aliphatic hydroxyl groups is 2. The minimum Gasteiger partial charge on any atom is -0.394 e. The van der Waals surface area contributed by atoms with E-state index in [9.17, 15) is 10.2 Å². The fourth-order valence-electron chi connectivity index (χ4n) is 2.70. The van der Waals surface area contributed by atoms with E-state index in [-0.39, 0.29) is 13.2 Å². The summed E-state index contributed by atoms with van der Waals surface area (Å²) in [5.74, 6) is 0. The molecular weight excluding hydrogens is 290 g/mol. The molecule has 0 heterocycles. The van der Waals surface area contributed by atoms with Gasteiger partial charge in [-0.1, -0.05) is 63.3 Å². The maximum Gasteiger partial charge on any atom is 0.0892 e. The van der Waals surface area contributed by atoms with Crippen molar-refractivity contribution in [2.75, 3.05) is 13.2 Å². The number of unbranched alkanes of at least 4 members (excludes halogenated alkanes) is 5. The lowest BCUT2D eigenvalue weighted by atomic mass is 9.93. The zero-order valence-corrected chi connectivity index (χ0v) is 14.4. The molecule has 1 aromatic rings. The number of hydroxylamine groups is 1. The van der Waals surface area contributed by atoms with Crippen molar-refractivity contribution in [1.82, 2.24) is 5.48 Å². The van der Waals surface area contributed by atoms with Gasteiger partial charge in [0.25, 0.3) is 0 Å². The third-order valence-corrected chi connectivity index (χ3v) is 4.58. The van der Waals surface area contributed by atoms with Gasteiger partial charge in [-0.05, 0) is 36.8 Å². The second kappa shape index (κ2) is 11.6. The first kappa shape index (κ1) is 20.1. The number of aryl methyl sites for hydroxylation is 2. The van der Waals surface area contributed by atoms with E-state index in [1.54, 1.807) is 0 Å². The number of nitrogens with one attached hydrogen (secondary N) is 1. The van der Waals surface area contributed by atoms with Crippen LogP contribution in [0.2, 0.25) is 0 Å². The van der Waals surface area contributed by atoms with E-state index < -0.39 is 5.54 Å². The van der Waals surface area contributed by atoms with Gasteiger partial charge in [-0.3, -0.25) is 0 Å². The van der Waals surface area contributed by atoms with E-state index in [2.05, 4.69) is 31.2 Å². The summed E-state index contributed by atoms with van der Waals surface area (Å²) < 4.78 is 0. The molecule has 0 atom stereocenters. The molecule has 1 aromatic carbocycles. The SMILES string of the molecule is CCCCCCCCc1ccc(CCC(CO)(CO)NO)cc1. The monoisotopic (exact) mass is 323 g/mol. The number of hydrogen-bond donors (Lipinski definition) is 4. The highest BCUT2D eigenvalue weighted by Gasteiger charge is 2.27. The van der Waals surface area contributed by atoms with Crippen LogP contribution in [0.1, 0.15) is 63.0 Å². The Kier molecular flexibility index (Phi) is 10.1. The molecule has 132 valence electrons. The molecule has 0 aliphatic carbocycles. The molecular formula is C19H33NO3. The summed E-state index contributed by atoms with van der Waals surface area (Å²) in [5.41, 5.74) is 3.54. The maximum atomic E-state index is 9.29. The third kappa shape index (κ3) is 7.44. The summed E-state index contributed by atoms with van der Waals surface area (Å²) in [6.07, 6.45) is 10.2. The van der Waals surface area contributed by atoms with Gasteiger partial charge < -0.3 is 15.4 Å². The van der Waals surface area contributed by atoms with Gasteiger partial charge in [0.15, 0.2) is 0 Å². The van der Waals surface area contributed by atoms with E-state index in [0.717, 1.165) is 12.0 Å². The van der Waals surface area contributed by atoms with Gasteiger partial charge in [-0.2, -0.15) is 5.48 Å². The molecule has 0 aliphatic heterocycles. The third-order valence-electron chi connectivity index (χ3n) is 4.58. The first-order valence-electron chi connectivity index (χ1n) is 8.90. The molecule has 23 heavy (non-hydrogen) atoms. The van der Waals surface area contributed by atoms with Crippen molar-refractivity contribution in [3.63, 3.8) is 0 Å². The van der Waals surface area contributed by atoms with Crippen LogP contribution in [0.5, 0.6) is 0 Å². The smallest absolute Gasteiger partial charge is 0.0892 e. The van der Waals surface area contributed by atoms with Crippen LogP contribution in [0.4, 0.5) is 0 Å². The molecule has 0 spiro atoms. The lowest BCUT2D eigenvalue weighted by Crippen LogP contribution is -2.50. The summed E-state index contributed by atoms with van der Waals surface area (Å²) in [7, 11) is 0. The number of rotatable bonds is 13. The van der Waals surface area contributed by atoms with E-state index in [1.807, 2.05) is 5.48 Å². The molecule has 0 aromatic heterocycles.